The van der Waals surface area contributed by atoms with Gasteiger partial charge in [0.2, 0.25) is 0 Å². The van der Waals surface area contributed by atoms with Gasteiger partial charge in [-0.05, 0) is 84.6 Å². The van der Waals surface area contributed by atoms with Crippen LogP contribution in [0.25, 0.3) is 54.0 Å². The van der Waals surface area contributed by atoms with Gasteiger partial charge in [0.15, 0.2) is 15.9 Å². The topological polar surface area (TPSA) is 156 Å². The fourth-order valence-electron chi connectivity index (χ4n) is 5.01. The van der Waals surface area contributed by atoms with Crippen molar-refractivity contribution in [1.82, 2.24) is 44.6 Å². The third-order valence-corrected chi connectivity index (χ3v) is 9.14. The summed E-state index contributed by atoms with van der Waals surface area (Å²) >= 11 is 2.91. The van der Waals surface area contributed by atoms with E-state index in [-0.39, 0.29) is 12.1 Å². The highest BCUT2D eigenvalue weighted by molar-refractivity contribution is 7.22. The molecule has 0 aliphatic rings. The van der Waals surface area contributed by atoms with E-state index in [1.807, 2.05) is 95.8 Å². The molecule has 6 aromatic heterocycles. The van der Waals surface area contributed by atoms with Gasteiger partial charge in [-0.25, -0.2) is 24.5 Å². The average Bonchev–Trinajstić information content (AvgIpc) is 3.89. The van der Waals surface area contributed by atoms with Crippen molar-refractivity contribution in [1.29, 1.82) is 0 Å². The third-order valence-electron chi connectivity index (χ3n) is 7.24. The number of nitrogens with one attached hydrogen (secondary N) is 4. The molecule has 13 nitrogen and oxygen atoms in total. The first-order valence-corrected chi connectivity index (χ1v) is 16.7. The van der Waals surface area contributed by atoms with E-state index < -0.39 is 0 Å². The van der Waals surface area contributed by atoms with Gasteiger partial charge < -0.3 is 15.0 Å². The number of imidazole rings is 1. The van der Waals surface area contributed by atoms with E-state index >= 15 is 0 Å². The molecule has 0 radical (unpaired) electrons. The summed E-state index contributed by atoms with van der Waals surface area (Å²) in [4.78, 5) is 36.5. The Hall–Kier alpha value is -5.93. The Kier molecular flexibility index (Phi) is 8.59. The maximum absolute atomic E-state index is 11.6. The van der Waals surface area contributed by atoms with E-state index in [1.54, 1.807) is 12.5 Å². The normalized spacial score (nSPS) is 11.0. The fourth-order valence-corrected chi connectivity index (χ4v) is 6.70. The predicted molar refractivity (Wildman–Crippen MR) is 191 cm³/mol. The predicted octanol–water partition coefficient (Wildman–Crippen LogP) is 6.90. The van der Waals surface area contributed by atoms with Crippen molar-refractivity contribution < 1.29 is 9.59 Å². The number of anilines is 2. The lowest BCUT2D eigenvalue weighted by atomic mass is 10.1. The van der Waals surface area contributed by atoms with Gasteiger partial charge in [-0.1, -0.05) is 34.8 Å². The maximum atomic E-state index is 11.6. The summed E-state index contributed by atoms with van der Waals surface area (Å²) in [5, 5.41) is 20.0. The van der Waals surface area contributed by atoms with Crippen LogP contribution in [0.1, 0.15) is 13.8 Å². The van der Waals surface area contributed by atoms with E-state index in [2.05, 4.69) is 52.5 Å². The molecule has 0 saturated carbocycles. The number of fused-ring (bicyclic) bond motifs is 4. The first-order chi connectivity index (χ1) is 23.4. The summed E-state index contributed by atoms with van der Waals surface area (Å²) in [7, 11) is 0. The molecule has 15 heteroatoms. The van der Waals surface area contributed by atoms with Crippen molar-refractivity contribution in [3.63, 3.8) is 0 Å². The number of urea groups is 2. The van der Waals surface area contributed by atoms with Crippen LogP contribution in [0.15, 0.2) is 91.8 Å². The monoisotopic (exact) mass is 675 g/mol. The largest absolute Gasteiger partial charge is 0.338 e. The van der Waals surface area contributed by atoms with E-state index in [1.165, 1.54) is 22.7 Å². The standard InChI is InChI=1S/C17H15N5OS.C16H14N6OS/c1-2-18-16(23)21-17-20-13-9-11(3-5-14(13)24-17)12-4-6-15-19-7-8-22(15)10-12;1-2-17-15(23)20-16-19-12-7-10(3-5-13(12)24-16)11-4-6-14-21-18-9-22(14)8-11/h3-10H,2H2,1H3,(H2,18,20,21,23);3-9H,2H2,1H3,(H2,17,19,20,23). The lowest BCUT2D eigenvalue weighted by Gasteiger charge is -2.02. The van der Waals surface area contributed by atoms with Gasteiger partial charge in [-0.15, -0.1) is 10.2 Å². The first kappa shape index (κ1) is 30.7. The van der Waals surface area contributed by atoms with Crippen molar-refractivity contribution in [2.75, 3.05) is 23.7 Å². The van der Waals surface area contributed by atoms with Crippen LogP contribution >= 0.6 is 22.7 Å². The van der Waals surface area contributed by atoms with Crippen LogP contribution in [-0.4, -0.2) is 59.1 Å². The summed E-state index contributed by atoms with van der Waals surface area (Å²) in [5.41, 5.74) is 7.72. The number of nitrogens with zero attached hydrogens (tertiary/aromatic N) is 7. The second-order valence-electron chi connectivity index (χ2n) is 10.5. The van der Waals surface area contributed by atoms with Gasteiger partial charge in [0.1, 0.15) is 12.0 Å². The van der Waals surface area contributed by atoms with Crippen LogP contribution in [0.3, 0.4) is 0 Å². The molecule has 6 heterocycles. The molecule has 0 aliphatic carbocycles. The highest BCUT2D eigenvalue weighted by Crippen LogP contribution is 2.31. The molecule has 4 amide bonds. The van der Waals surface area contributed by atoms with Crippen LogP contribution in [0.5, 0.6) is 0 Å². The Bertz CT molecular complexity index is 2240. The van der Waals surface area contributed by atoms with E-state index in [4.69, 9.17) is 0 Å². The molecule has 2 aromatic carbocycles. The quantitative estimate of drug-likeness (QED) is 0.149. The van der Waals surface area contributed by atoms with Crippen LogP contribution in [0.2, 0.25) is 0 Å². The van der Waals surface area contributed by atoms with Crippen molar-refractivity contribution >= 4 is 76.7 Å². The Morgan fingerprint density at radius 2 is 1.23 bits per heavy atom. The number of hydrogen-bond donors (Lipinski definition) is 4. The lowest BCUT2D eigenvalue weighted by Crippen LogP contribution is -2.28. The summed E-state index contributed by atoms with van der Waals surface area (Å²) < 4.78 is 5.93. The van der Waals surface area contributed by atoms with Gasteiger partial charge in [0, 0.05) is 37.9 Å². The minimum Gasteiger partial charge on any atom is -0.338 e. The summed E-state index contributed by atoms with van der Waals surface area (Å²) in [5.74, 6) is 0. The molecule has 0 fully saturated rings. The van der Waals surface area contributed by atoms with Gasteiger partial charge in [-0.3, -0.25) is 15.0 Å². The number of pyridine rings is 2. The van der Waals surface area contributed by atoms with Crippen molar-refractivity contribution in [3.8, 4) is 22.3 Å². The number of carbonyl (C=O) groups is 2. The number of carbonyl (C=O) groups excluding carboxylic acids is 2. The molecular formula is C33H29N11O2S2. The first-order valence-electron chi connectivity index (χ1n) is 15.1. The van der Waals surface area contributed by atoms with Gasteiger partial charge in [-0.2, -0.15) is 0 Å². The molecule has 240 valence electrons. The molecule has 0 saturated heterocycles. The van der Waals surface area contributed by atoms with Gasteiger partial charge in [0.05, 0.1) is 20.4 Å². The lowest BCUT2D eigenvalue weighted by molar-refractivity contribution is 0.251. The van der Waals surface area contributed by atoms with Crippen molar-refractivity contribution in [3.05, 3.63) is 91.8 Å². The average molecular weight is 676 g/mol. The molecule has 0 unspecified atom stereocenters. The molecule has 48 heavy (non-hydrogen) atoms. The number of rotatable bonds is 6. The smallest absolute Gasteiger partial charge is 0.321 e. The zero-order valence-electron chi connectivity index (χ0n) is 25.8. The van der Waals surface area contributed by atoms with Crippen molar-refractivity contribution in [2.24, 2.45) is 0 Å². The molecule has 0 spiro atoms. The molecule has 4 N–H and O–H groups in total. The van der Waals surface area contributed by atoms with E-state index in [9.17, 15) is 9.59 Å². The Morgan fingerprint density at radius 1 is 0.688 bits per heavy atom. The number of aromatic nitrogens is 7. The van der Waals surface area contributed by atoms with Gasteiger partial charge >= 0.3 is 12.1 Å². The van der Waals surface area contributed by atoms with E-state index in [0.717, 1.165) is 54.0 Å². The Labute approximate surface area is 281 Å². The van der Waals surface area contributed by atoms with Gasteiger partial charge in [0.25, 0.3) is 0 Å². The molecule has 0 bridgehead atoms. The van der Waals surface area contributed by atoms with Crippen LogP contribution < -0.4 is 21.3 Å². The highest BCUT2D eigenvalue weighted by atomic mass is 32.1. The molecule has 0 aliphatic heterocycles. The SMILES string of the molecule is CCNC(=O)Nc1nc2cc(-c3ccc4nccn4c3)ccc2s1.CCNC(=O)Nc1nc2cc(-c3ccc4nncn4c3)ccc2s1. The minimum atomic E-state index is -0.241. The minimum absolute atomic E-state index is 0.234. The number of amides is 4. The molecule has 8 rings (SSSR count). The second-order valence-corrected chi connectivity index (χ2v) is 12.6. The molecular weight excluding hydrogens is 647 g/mol. The van der Waals surface area contributed by atoms with Crippen LogP contribution in [-0.2, 0) is 0 Å². The summed E-state index contributed by atoms with van der Waals surface area (Å²) in [6.07, 6.45) is 9.41. The van der Waals surface area contributed by atoms with Crippen LogP contribution in [0.4, 0.5) is 19.9 Å². The van der Waals surface area contributed by atoms with E-state index in [0.29, 0.717) is 23.4 Å². The number of hydrogen-bond acceptors (Lipinski definition) is 9. The van der Waals surface area contributed by atoms with Crippen LogP contribution in [0, 0.1) is 0 Å². The third kappa shape index (κ3) is 6.63. The summed E-state index contributed by atoms with van der Waals surface area (Å²) in [6.45, 7) is 4.90. The Morgan fingerprint density at radius 3 is 1.81 bits per heavy atom. The molecule has 8 aromatic rings. The highest BCUT2D eigenvalue weighted by Gasteiger charge is 2.10. The number of benzene rings is 2. The fraction of sp³-hybridized carbons (Fsp3) is 0.121. The zero-order chi connectivity index (χ0) is 33.0. The summed E-state index contributed by atoms with van der Waals surface area (Å²) in [6, 6.07) is 19.7. The molecule has 0 atom stereocenters. The Balaban J connectivity index is 0.000000152. The van der Waals surface area contributed by atoms with Crippen molar-refractivity contribution in [2.45, 2.75) is 13.8 Å². The maximum Gasteiger partial charge on any atom is 0.321 e. The second kappa shape index (κ2) is 13.4. The zero-order valence-corrected chi connectivity index (χ0v) is 27.5. The number of thiazole rings is 2.